The summed E-state index contributed by atoms with van der Waals surface area (Å²) in [4.78, 5) is 27.8. The molecule has 6 heteroatoms. The smallest absolute Gasteiger partial charge is 0.259 e. The molecular formula is C22H16N4O2. The van der Waals surface area contributed by atoms with Crippen LogP contribution >= 0.6 is 0 Å². The quantitative estimate of drug-likeness (QED) is 0.510. The Morgan fingerprint density at radius 1 is 0.964 bits per heavy atom. The van der Waals surface area contributed by atoms with Gasteiger partial charge in [-0.05, 0) is 29.0 Å². The van der Waals surface area contributed by atoms with Gasteiger partial charge in [0.25, 0.3) is 5.56 Å². The summed E-state index contributed by atoms with van der Waals surface area (Å²) in [6.45, 7) is 0.0176. The second-order valence-corrected chi connectivity index (χ2v) is 6.67. The number of amides is 1. The molecule has 0 bridgehead atoms. The molecule has 28 heavy (non-hydrogen) atoms. The molecule has 2 N–H and O–H groups in total. The number of nitrogens with one attached hydrogen (secondary N) is 2. The van der Waals surface area contributed by atoms with Crippen LogP contribution in [-0.4, -0.2) is 20.7 Å². The minimum atomic E-state index is -0.213. The van der Waals surface area contributed by atoms with Crippen LogP contribution in [-0.2, 0) is 11.3 Å². The van der Waals surface area contributed by atoms with Gasteiger partial charge in [0, 0.05) is 11.1 Å². The van der Waals surface area contributed by atoms with E-state index in [0.29, 0.717) is 10.9 Å². The Labute approximate surface area is 159 Å². The van der Waals surface area contributed by atoms with Crippen molar-refractivity contribution in [2.75, 3.05) is 5.32 Å². The minimum Gasteiger partial charge on any atom is -0.324 e. The van der Waals surface area contributed by atoms with Gasteiger partial charge in [-0.1, -0.05) is 48.5 Å². The van der Waals surface area contributed by atoms with Crippen molar-refractivity contribution in [3.05, 3.63) is 83.3 Å². The number of hydrogen-bond acceptors (Lipinski definition) is 3. The molecule has 6 nitrogen and oxygen atoms in total. The Balaban J connectivity index is 1.49. The number of carbonyl (C=O) groups is 1. The molecule has 1 amide bonds. The van der Waals surface area contributed by atoms with Crippen molar-refractivity contribution in [2.45, 2.75) is 6.54 Å². The van der Waals surface area contributed by atoms with E-state index in [-0.39, 0.29) is 18.0 Å². The zero-order chi connectivity index (χ0) is 19.1. The van der Waals surface area contributed by atoms with E-state index in [9.17, 15) is 9.59 Å². The molecule has 5 rings (SSSR count). The molecule has 0 aliphatic heterocycles. The number of aromatic amines is 1. The number of H-pyrrole nitrogens is 1. The third kappa shape index (κ3) is 2.72. The first-order valence-corrected chi connectivity index (χ1v) is 8.94. The number of carbonyl (C=O) groups excluding carboxylic acids is 1. The summed E-state index contributed by atoms with van der Waals surface area (Å²) in [6.07, 6.45) is 1.50. The van der Waals surface area contributed by atoms with E-state index in [2.05, 4.69) is 15.4 Å². The van der Waals surface area contributed by atoms with Crippen LogP contribution in [0.15, 0.2) is 77.7 Å². The van der Waals surface area contributed by atoms with E-state index in [0.717, 1.165) is 27.4 Å². The Kier molecular flexibility index (Phi) is 3.69. The lowest BCUT2D eigenvalue weighted by atomic mass is 10.1. The summed E-state index contributed by atoms with van der Waals surface area (Å²) >= 11 is 0. The van der Waals surface area contributed by atoms with E-state index in [1.807, 2.05) is 66.7 Å². The summed E-state index contributed by atoms with van der Waals surface area (Å²) in [7, 11) is 0. The van der Waals surface area contributed by atoms with E-state index in [4.69, 9.17) is 0 Å². The van der Waals surface area contributed by atoms with Crippen LogP contribution in [0.3, 0.4) is 0 Å². The van der Waals surface area contributed by atoms with Crippen molar-refractivity contribution in [3.8, 4) is 0 Å². The second-order valence-electron chi connectivity index (χ2n) is 6.67. The number of anilines is 1. The zero-order valence-electron chi connectivity index (χ0n) is 14.8. The van der Waals surface area contributed by atoms with Crippen LogP contribution < -0.4 is 10.9 Å². The van der Waals surface area contributed by atoms with Crippen molar-refractivity contribution >= 4 is 44.2 Å². The molecule has 3 aromatic carbocycles. The van der Waals surface area contributed by atoms with Crippen molar-refractivity contribution in [3.63, 3.8) is 0 Å². The Morgan fingerprint density at radius 2 is 1.75 bits per heavy atom. The fraction of sp³-hybridized carbons (Fsp3) is 0.0455. The highest BCUT2D eigenvalue weighted by Crippen LogP contribution is 2.21. The number of para-hydroxylation sites is 1. The first-order valence-electron chi connectivity index (χ1n) is 8.94. The number of fused-ring (bicyclic) bond motifs is 4. The number of hydrogen-bond donors (Lipinski definition) is 2. The zero-order valence-corrected chi connectivity index (χ0v) is 14.8. The molecule has 2 aromatic heterocycles. The lowest BCUT2D eigenvalue weighted by Gasteiger charge is -2.08. The maximum Gasteiger partial charge on any atom is 0.259 e. The van der Waals surface area contributed by atoms with Crippen LogP contribution in [0.25, 0.3) is 32.6 Å². The number of benzene rings is 3. The molecule has 0 saturated heterocycles. The molecule has 136 valence electrons. The summed E-state index contributed by atoms with van der Waals surface area (Å²) in [5.41, 5.74) is 1.89. The maximum absolute atomic E-state index is 12.6. The fourth-order valence-electron chi connectivity index (χ4n) is 3.55. The van der Waals surface area contributed by atoms with Gasteiger partial charge >= 0.3 is 0 Å². The van der Waals surface area contributed by atoms with Gasteiger partial charge in [0.05, 0.1) is 22.6 Å². The molecule has 0 aliphatic carbocycles. The molecule has 2 heterocycles. The Bertz CT molecular complexity index is 1410. The minimum absolute atomic E-state index is 0.0176. The highest BCUT2D eigenvalue weighted by molar-refractivity contribution is 6.04. The van der Waals surface area contributed by atoms with Crippen LogP contribution in [0.4, 0.5) is 5.69 Å². The predicted molar refractivity (Wildman–Crippen MR) is 110 cm³/mol. The summed E-state index contributed by atoms with van der Waals surface area (Å²) in [5, 5.41) is 10.7. The lowest BCUT2D eigenvalue weighted by molar-refractivity contribution is -0.116. The third-order valence-electron chi connectivity index (χ3n) is 4.84. The van der Waals surface area contributed by atoms with Crippen LogP contribution in [0.1, 0.15) is 0 Å². The monoisotopic (exact) mass is 368 g/mol. The first kappa shape index (κ1) is 16.3. The average molecular weight is 368 g/mol. The molecule has 0 saturated carbocycles. The third-order valence-corrected chi connectivity index (χ3v) is 4.84. The van der Waals surface area contributed by atoms with Gasteiger partial charge in [0.1, 0.15) is 6.54 Å². The molecule has 0 atom stereocenters. The van der Waals surface area contributed by atoms with Crippen LogP contribution in [0.5, 0.6) is 0 Å². The van der Waals surface area contributed by atoms with Gasteiger partial charge < -0.3 is 10.3 Å². The standard InChI is InChI=1S/C22H16N4O2/c27-20(24-16-10-9-14-5-1-2-6-15(14)11-16)13-26-21-17-7-3-4-8-19(17)25-22(28)18(21)12-23-26/h1-12H,13H2,(H,24,27)(H,25,28). The molecule has 0 unspecified atom stereocenters. The molecule has 0 aliphatic rings. The van der Waals surface area contributed by atoms with Gasteiger partial charge in [-0.15, -0.1) is 0 Å². The highest BCUT2D eigenvalue weighted by Gasteiger charge is 2.13. The SMILES string of the molecule is O=C(Cn1ncc2c(=O)[nH]c3ccccc3c21)Nc1ccc2ccccc2c1. The van der Waals surface area contributed by atoms with E-state index in [1.54, 1.807) is 4.68 Å². The van der Waals surface area contributed by atoms with E-state index >= 15 is 0 Å². The topological polar surface area (TPSA) is 79.8 Å². The summed E-state index contributed by atoms with van der Waals surface area (Å²) in [5.74, 6) is -0.204. The number of pyridine rings is 1. The van der Waals surface area contributed by atoms with Crippen molar-refractivity contribution < 1.29 is 4.79 Å². The summed E-state index contributed by atoms with van der Waals surface area (Å²) in [6, 6.07) is 21.3. The van der Waals surface area contributed by atoms with E-state index < -0.39 is 0 Å². The Morgan fingerprint density at radius 3 is 2.64 bits per heavy atom. The van der Waals surface area contributed by atoms with Gasteiger partial charge in [0.15, 0.2) is 0 Å². The first-order chi connectivity index (χ1) is 13.7. The van der Waals surface area contributed by atoms with Gasteiger partial charge in [-0.25, -0.2) is 0 Å². The predicted octanol–water partition coefficient (Wildman–Crippen LogP) is 3.67. The lowest BCUT2D eigenvalue weighted by Crippen LogP contribution is -2.19. The molecule has 0 fully saturated rings. The second kappa shape index (κ2) is 6.35. The van der Waals surface area contributed by atoms with Gasteiger partial charge in [-0.2, -0.15) is 5.10 Å². The summed E-state index contributed by atoms with van der Waals surface area (Å²) < 4.78 is 1.57. The Hall–Kier alpha value is -3.93. The largest absolute Gasteiger partial charge is 0.324 e. The van der Waals surface area contributed by atoms with Gasteiger partial charge in [-0.3, -0.25) is 14.3 Å². The normalized spacial score (nSPS) is 11.3. The van der Waals surface area contributed by atoms with Crippen LogP contribution in [0, 0.1) is 0 Å². The highest BCUT2D eigenvalue weighted by atomic mass is 16.2. The van der Waals surface area contributed by atoms with Crippen LogP contribution in [0.2, 0.25) is 0 Å². The van der Waals surface area contributed by atoms with Crippen molar-refractivity contribution in [1.82, 2.24) is 14.8 Å². The molecule has 0 spiro atoms. The number of rotatable bonds is 3. The van der Waals surface area contributed by atoms with Gasteiger partial charge in [0.2, 0.25) is 5.91 Å². The maximum atomic E-state index is 12.6. The fourth-order valence-corrected chi connectivity index (χ4v) is 3.55. The van der Waals surface area contributed by atoms with E-state index in [1.165, 1.54) is 6.20 Å². The number of nitrogens with zero attached hydrogens (tertiary/aromatic N) is 2. The number of aromatic nitrogens is 3. The molecular weight excluding hydrogens is 352 g/mol. The van der Waals surface area contributed by atoms with Crippen molar-refractivity contribution in [1.29, 1.82) is 0 Å². The molecule has 0 radical (unpaired) electrons. The van der Waals surface area contributed by atoms with Crippen molar-refractivity contribution in [2.24, 2.45) is 0 Å². The molecule has 5 aromatic rings. The average Bonchev–Trinajstić information content (AvgIpc) is 3.12.